The van der Waals surface area contributed by atoms with Crippen LogP contribution in [0.3, 0.4) is 0 Å². The molecule has 0 aliphatic heterocycles. The predicted octanol–water partition coefficient (Wildman–Crippen LogP) is 1.84. The molecule has 0 saturated heterocycles. The molecule has 0 unspecified atom stereocenters. The zero-order valence-electron chi connectivity index (χ0n) is 5.44. The lowest BCUT2D eigenvalue weighted by molar-refractivity contribution is 0.575. The fraction of sp³-hybridized carbons (Fsp3) is 0. The normalized spacial score (nSPS) is 10.7. The highest BCUT2D eigenvalue weighted by molar-refractivity contribution is 5.78. The van der Waals surface area contributed by atoms with E-state index in [4.69, 9.17) is 0 Å². The van der Waals surface area contributed by atoms with E-state index in [2.05, 4.69) is 10.2 Å². The Bertz CT molecular complexity index is 394. The second-order valence-corrected chi connectivity index (χ2v) is 2.17. The summed E-state index contributed by atoms with van der Waals surface area (Å²) in [5, 5.41) is 5.52. The molecule has 0 aliphatic carbocycles. The second kappa shape index (κ2) is 2.02. The van der Waals surface area contributed by atoms with Gasteiger partial charge in [0.2, 0.25) is 5.95 Å². The third-order valence-electron chi connectivity index (χ3n) is 1.49. The minimum absolute atomic E-state index is 0.0764. The zero-order valence-corrected chi connectivity index (χ0v) is 5.44. The molecule has 1 aromatic heterocycles. The number of nitrogens with zero attached hydrogens (tertiary/aromatic N) is 1. The predicted molar refractivity (Wildman–Crippen MR) is 36.0 cm³/mol. The van der Waals surface area contributed by atoms with Gasteiger partial charge in [-0.1, -0.05) is 6.07 Å². The summed E-state index contributed by atoms with van der Waals surface area (Å²) < 4.78 is 25.4. The van der Waals surface area contributed by atoms with E-state index in [1.807, 2.05) is 0 Å². The standard InChI is InChI=1S/C7H4F2N2/c8-4-2-1-3-5-6(4)7(9)11-10-5/h1-3H,(H,10,11). The van der Waals surface area contributed by atoms with Crippen LogP contribution in [-0.2, 0) is 0 Å². The fourth-order valence-corrected chi connectivity index (χ4v) is 0.988. The molecule has 11 heavy (non-hydrogen) atoms. The first-order valence-electron chi connectivity index (χ1n) is 3.07. The third-order valence-corrected chi connectivity index (χ3v) is 1.49. The van der Waals surface area contributed by atoms with Gasteiger partial charge in [0.15, 0.2) is 0 Å². The van der Waals surface area contributed by atoms with Gasteiger partial charge in [-0.25, -0.2) is 4.39 Å². The molecular formula is C7H4F2N2. The van der Waals surface area contributed by atoms with Crippen LogP contribution in [0.5, 0.6) is 0 Å². The first-order valence-corrected chi connectivity index (χ1v) is 3.07. The SMILES string of the molecule is Fc1cccc2n[nH]c(F)c12. The van der Waals surface area contributed by atoms with Gasteiger partial charge in [0.1, 0.15) is 5.82 Å². The number of benzene rings is 1. The lowest BCUT2D eigenvalue weighted by Crippen LogP contribution is -1.77. The summed E-state index contributed by atoms with van der Waals surface area (Å²) in [5.41, 5.74) is 0.308. The molecule has 0 amide bonds. The van der Waals surface area contributed by atoms with Crippen LogP contribution in [0.1, 0.15) is 0 Å². The van der Waals surface area contributed by atoms with Crippen molar-refractivity contribution in [2.45, 2.75) is 0 Å². The molecule has 1 heterocycles. The lowest BCUT2D eigenvalue weighted by atomic mass is 10.2. The van der Waals surface area contributed by atoms with Crippen molar-refractivity contribution >= 4 is 10.9 Å². The Morgan fingerprint density at radius 1 is 1.27 bits per heavy atom. The summed E-state index contributed by atoms with van der Waals surface area (Å²) >= 11 is 0. The number of rotatable bonds is 0. The highest BCUT2D eigenvalue weighted by atomic mass is 19.1. The topological polar surface area (TPSA) is 28.7 Å². The van der Waals surface area contributed by atoms with E-state index < -0.39 is 11.8 Å². The molecule has 0 bridgehead atoms. The molecule has 2 nitrogen and oxygen atoms in total. The van der Waals surface area contributed by atoms with Crippen molar-refractivity contribution in [3.05, 3.63) is 30.0 Å². The Labute approximate surface area is 60.8 Å². The number of hydrogen-bond acceptors (Lipinski definition) is 1. The number of halogens is 2. The second-order valence-electron chi connectivity index (χ2n) is 2.17. The van der Waals surface area contributed by atoms with E-state index in [1.54, 1.807) is 0 Å². The smallest absolute Gasteiger partial charge is 0.219 e. The largest absolute Gasteiger partial charge is 0.252 e. The fourth-order valence-electron chi connectivity index (χ4n) is 0.988. The van der Waals surface area contributed by atoms with Crippen LogP contribution in [0, 0.1) is 11.8 Å². The van der Waals surface area contributed by atoms with Gasteiger partial charge in [0, 0.05) is 0 Å². The molecule has 0 saturated carbocycles. The van der Waals surface area contributed by atoms with Crippen molar-refractivity contribution in [3.63, 3.8) is 0 Å². The maximum atomic E-state index is 12.8. The van der Waals surface area contributed by atoms with Crippen molar-refractivity contribution in [1.82, 2.24) is 10.2 Å². The van der Waals surface area contributed by atoms with Crippen LogP contribution in [0.25, 0.3) is 10.9 Å². The molecule has 4 heteroatoms. The van der Waals surface area contributed by atoms with Crippen molar-refractivity contribution in [2.75, 3.05) is 0 Å². The molecule has 0 aliphatic rings. The molecule has 2 aromatic rings. The highest BCUT2D eigenvalue weighted by Gasteiger charge is 2.07. The quantitative estimate of drug-likeness (QED) is 0.616. The van der Waals surface area contributed by atoms with Gasteiger partial charge >= 0.3 is 0 Å². The van der Waals surface area contributed by atoms with Crippen LogP contribution < -0.4 is 0 Å². The van der Waals surface area contributed by atoms with Crippen LogP contribution in [-0.4, -0.2) is 10.2 Å². The summed E-state index contributed by atoms with van der Waals surface area (Å²) in [6.07, 6.45) is 0. The number of aromatic nitrogens is 2. The average Bonchev–Trinajstić information content (AvgIpc) is 2.34. The maximum absolute atomic E-state index is 12.8. The lowest BCUT2D eigenvalue weighted by Gasteiger charge is -1.87. The van der Waals surface area contributed by atoms with Crippen LogP contribution in [0.15, 0.2) is 18.2 Å². The van der Waals surface area contributed by atoms with E-state index >= 15 is 0 Å². The highest BCUT2D eigenvalue weighted by Crippen LogP contribution is 2.17. The van der Waals surface area contributed by atoms with Crippen LogP contribution in [0.2, 0.25) is 0 Å². The number of nitrogens with one attached hydrogen (secondary N) is 1. The Hall–Kier alpha value is -1.45. The van der Waals surface area contributed by atoms with Crippen LogP contribution >= 0.6 is 0 Å². The Morgan fingerprint density at radius 3 is 2.82 bits per heavy atom. The van der Waals surface area contributed by atoms with Gasteiger partial charge in [-0.05, 0) is 12.1 Å². The molecule has 2 rings (SSSR count). The summed E-state index contributed by atoms with van der Waals surface area (Å²) in [6, 6.07) is 4.22. The van der Waals surface area contributed by atoms with Crippen molar-refractivity contribution in [1.29, 1.82) is 0 Å². The van der Waals surface area contributed by atoms with Gasteiger partial charge in [-0.2, -0.15) is 9.49 Å². The zero-order chi connectivity index (χ0) is 7.84. The monoisotopic (exact) mass is 154 g/mol. The maximum Gasteiger partial charge on any atom is 0.219 e. The van der Waals surface area contributed by atoms with Gasteiger partial charge in [0.05, 0.1) is 10.9 Å². The summed E-state index contributed by atoms with van der Waals surface area (Å²) in [7, 11) is 0. The molecule has 0 spiro atoms. The first-order chi connectivity index (χ1) is 5.29. The molecule has 0 radical (unpaired) electrons. The molecule has 1 aromatic carbocycles. The van der Waals surface area contributed by atoms with Gasteiger partial charge < -0.3 is 0 Å². The summed E-state index contributed by atoms with van der Waals surface area (Å²) in [4.78, 5) is 0. The number of fused-ring (bicyclic) bond motifs is 1. The number of aromatic amines is 1. The van der Waals surface area contributed by atoms with E-state index in [-0.39, 0.29) is 5.39 Å². The Balaban J connectivity index is 2.96. The van der Waals surface area contributed by atoms with Crippen molar-refractivity contribution < 1.29 is 8.78 Å². The number of H-pyrrole nitrogens is 1. The number of hydrogen-bond donors (Lipinski definition) is 1. The summed E-state index contributed by atoms with van der Waals surface area (Å²) in [6.45, 7) is 0. The summed E-state index contributed by atoms with van der Waals surface area (Å²) in [5.74, 6) is -1.31. The van der Waals surface area contributed by atoms with Crippen LogP contribution in [0.4, 0.5) is 8.78 Å². The Morgan fingerprint density at radius 2 is 2.09 bits per heavy atom. The molecule has 0 fully saturated rings. The van der Waals surface area contributed by atoms with E-state index in [1.165, 1.54) is 18.2 Å². The third kappa shape index (κ3) is 0.790. The first kappa shape index (κ1) is 6.27. The minimum atomic E-state index is -0.724. The molecular weight excluding hydrogens is 150 g/mol. The van der Waals surface area contributed by atoms with Crippen molar-refractivity contribution in [2.24, 2.45) is 0 Å². The molecule has 0 atom stereocenters. The van der Waals surface area contributed by atoms with E-state index in [0.29, 0.717) is 5.52 Å². The molecule has 1 N–H and O–H groups in total. The van der Waals surface area contributed by atoms with Crippen molar-refractivity contribution in [3.8, 4) is 0 Å². The van der Waals surface area contributed by atoms with Gasteiger partial charge in [0.25, 0.3) is 0 Å². The van der Waals surface area contributed by atoms with E-state index in [0.717, 1.165) is 0 Å². The van der Waals surface area contributed by atoms with E-state index in [9.17, 15) is 8.78 Å². The average molecular weight is 154 g/mol. The minimum Gasteiger partial charge on any atom is -0.252 e. The Kier molecular flexibility index (Phi) is 1.15. The van der Waals surface area contributed by atoms with Gasteiger partial charge in [-0.15, -0.1) is 0 Å². The molecule has 56 valence electrons. The van der Waals surface area contributed by atoms with Gasteiger partial charge in [-0.3, -0.25) is 5.10 Å².